The zero-order valence-corrected chi connectivity index (χ0v) is 15.3. The minimum absolute atomic E-state index is 0.234. The highest BCUT2D eigenvalue weighted by Gasteiger charge is 2.30. The molecule has 1 aliphatic heterocycles. The van der Waals surface area contributed by atoms with E-state index in [-0.39, 0.29) is 6.10 Å². The molecule has 0 saturated carbocycles. The molecule has 0 aromatic carbocycles. The molecule has 130 valence electrons. The summed E-state index contributed by atoms with van der Waals surface area (Å²) >= 11 is 0. The zero-order valence-electron chi connectivity index (χ0n) is 15.3. The molecule has 1 N–H and O–H groups in total. The zero-order chi connectivity index (χ0) is 17.5. The van der Waals surface area contributed by atoms with Crippen molar-refractivity contribution in [2.24, 2.45) is 5.92 Å². The van der Waals surface area contributed by atoms with Gasteiger partial charge in [-0.05, 0) is 32.3 Å². The lowest BCUT2D eigenvalue weighted by Gasteiger charge is -2.07. The van der Waals surface area contributed by atoms with Gasteiger partial charge in [-0.1, -0.05) is 32.9 Å². The average Bonchev–Trinajstić information content (AvgIpc) is 3.33. The van der Waals surface area contributed by atoms with Gasteiger partial charge in [0.1, 0.15) is 6.33 Å². The SMILES string of the molecule is CC.C[C@@H]1C[C@H](c2ccn[nH]2)O[C@H]1C.Cc1ncnc2c1C=CC2. The number of hydrogen-bond acceptors (Lipinski definition) is 4. The number of nitrogens with one attached hydrogen (secondary N) is 1. The molecule has 3 heterocycles. The van der Waals surface area contributed by atoms with Gasteiger partial charge in [-0.15, -0.1) is 0 Å². The second kappa shape index (κ2) is 8.73. The summed E-state index contributed by atoms with van der Waals surface area (Å²) in [7, 11) is 0. The minimum Gasteiger partial charge on any atom is -0.369 e. The maximum absolute atomic E-state index is 5.75. The number of H-pyrrole nitrogens is 1. The van der Waals surface area contributed by atoms with Crippen LogP contribution in [0, 0.1) is 12.8 Å². The van der Waals surface area contributed by atoms with Crippen LogP contribution in [0.3, 0.4) is 0 Å². The number of aryl methyl sites for hydroxylation is 1. The highest BCUT2D eigenvalue weighted by atomic mass is 16.5. The lowest BCUT2D eigenvalue weighted by molar-refractivity contribution is 0.0449. The number of aromatic nitrogens is 4. The van der Waals surface area contributed by atoms with E-state index >= 15 is 0 Å². The number of aromatic amines is 1. The van der Waals surface area contributed by atoms with Gasteiger partial charge >= 0.3 is 0 Å². The van der Waals surface area contributed by atoms with Gasteiger partial charge in [0.25, 0.3) is 0 Å². The highest BCUT2D eigenvalue weighted by molar-refractivity contribution is 5.59. The van der Waals surface area contributed by atoms with Gasteiger partial charge in [-0.3, -0.25) is 5.10 Å². The average molecular weight is 328 g/mol. The Bertz CT molecular complexity index is 641. The fraction of sp³-hybridized carbons (Fsp3) is 0.526. The molecule has 0 bridgehead atoms. The Balaban J connectivity index is 0.000000160. The first kappa shape index (κ1) is 18.3. The second-order valence-electron chi connectivity index (χ2n) is 5.98. The van der Waals surface area contributed by atoms with Gasteiger partial charge in [0.05, 0.1) is 23.6 Å². The third kappa shape index (κ3) is 4.29. The summed E-state index contributed by atoms with van der Waals surface area (Å²) in [4.78, 5) is 8.23. The highest BCUT2D eigenvalue weighted by Crippen LogP contribution is 2.35. The Morgan fingerprint density at radius 2 is 2.00 bits per heavy atom. The first-order valence-electron chi connectivity index (χ1n) is 8.77. The monoisotopic (exact) mass is 328 g/mol. The van der Waals surface area contributed by atoms with Gasteiger partial charge in [0, 0.05) is 23.9 Å². The van der Waals surface area contributed by atoms with Crippen LogP contribution in [0.1, 0.15) is 62.9 Å². The van der Waals surface area contributed by atoms with Crippen molar-refractivity contribution in [2.45, 2.75) is 59.7 Å². The molecule has 5 heteroatoms. The lowest BCUT2D eigenvalue weighted by Crippen LogP contribution is -2.06. The maximum Gasteiger partial charge on any atom is 0.115 e. The lowest BCUT2D eigenvalue weighted by atomic mass is 10.0. The van der Waals surface area contributed by atoms with Crippen LogP contribution in [-0.4, -0.2) is 26.3 Å². The van der Waals surface area contributed by atoms with Crippen LogP contribution in [0.2, 0.25) is 0 Å². The molecule has 2 aromatic rings. The molecule has 1 saturated heterocycles. The molecular weight excluding hydrogens is 300 g/mol. The van der Waals surface area contributed by atoms with Crippen LogP contribution in [0.5, 0.6) is 0 Å². The van der Waals surface area contributed by atoms with Crippen LogP contribution in [0.15, 0.2) is 24.7 Å². The first-order valence-corrected chi connectivity index (χ1v) is 8.77. The third-order valence-corrected chi connectivity index (χ3v) is 4.40. The van der Waals surface area contributed by atoms with Gasteiger partial charge in [0.2, 0.25) is 0 Å². The Morgan fingerprint density at radius 1 is 1.21 bits per heavy atom. The maximum atomic E-state index is 5.75. The van der Waals surface area contributed by atoms with Crippen molar-refractivity contribution in [1.29, 1.82) is 0 Å². The molecule has 0 unspecified atom stereocenters. The van der Waals surface area contributed by atoms with Crippen molar-refractivity contribution in [3.05, 3.63) is 47.3 Å². The number of hydrogen-bond donors (Lipinski definition) is 1. The van der Waals surface area contributed by atoms with Crippen LogP contribution >= 0.6 is 0 Å². The number of nitrogens with zero attached hydrogens (tertiary/aromatic N) is 3. The molecule has 0 spiro atoms. The Kier molecular flexibility index (Phi) is 6.67. The van der Waals surface area contributed by atoms with Crippen LogP contribution in [0.25, 0.3) is 6.08 Å². The minimum atomic E-state index is 0.234. The van der Waals surface area contributed by atoms with Gasteiger partial charge in [-0.25, -0.2) is 9.97 Å². The van der Waals surface area contributed by atoms with Crippen LogP contribution < -0.4 is 0 Å². The molecule has 0 radical (unpaired) electrons. The fourth-order valence-corrected chi connectivity index (χ4v) is 2.83. The summed E-state index contributed by atoms with van der Waals surface area (Å²) in [6, 6.07) is 1.98. The van der Waals surface area contributed by atoms with Gasteiger partial charge in [0.15, 0.2) is 0 Å². The molecule has 2 aromatic heterocycles. The summed E-state index contributed by atoms with van der Waals surface area (Å²) in [6.45, 7) is 10.4. The van der Waals surface area contributed by atoms with E-state index in [4.69, 9.17) is 4.74 Å². The summed E-state index contributed by atoms with van der Waals surface area (Å²) < 4.78 is 5.75. The molecule has 1 aliphatic carbocycles. The Labute approximate surface area is 144 Å². The van der Waals surface area contributed by atoms with Crippen molar-refractivity contribution >= 4 is 6.08 Å². The fourth-order valence-electron chi connectivity index (χ4n) is 2.83. The number of ether oxygens (including phenoxy) is 1. The Morgan fingerprint density at radius 3 is 2.58 bits per heavy atom. The standard InChI is InChI=1S/C9H14N2O.C8H8N2.C2H6/c1-6-5-9(12-7(6)2)8-3-4-10-11-8;1-6-7-3-2-4-8(7)10-5-9-6;1-2/h3-4,6-7,9H,5H2,1-2H3,(H,10,11);2-3,5H,4H2,1H3;1-2H3/t6-,7+,9-;;/m1../s1. The van der Waals surface area contributed by atoms with E-state index in [2.05, 4.69) is 46.2 Å². The molecule has 0 amide bonds. The number of allylic oxidation sites excluding steroid dienone is 1. The van der Waals surface area contributed by atoms with E-state index in [0.29, 0.717) is 12.0 Å². The predicted octanol–water partition coefficient (Wildman–Crippen LogP) is 4.28. The number of fused-ring (bicyclic) bond motifs is 1. The van der Waals surface area contributed by atoms with Gasteiger partial charge < -0.3 is 4.74 Å². The molecule has 3 atom stereocenters. The van der Waals surface area contributed by atoms with Crippen LogP contribution in [0.4, 0.5) is 0 Å². The molecule has 2 aliphatic rings. The van der Waals surface area contributed by atoms with Crippen LogP contribution in [-0.2, 0) is 11.2 Å². The molecule has 5 nitrogen and oxygen atoms in total. The first-order chi connectivity index (χ1) is 11.6. The van der Waals surface area contributed by atoms with Crippen molar-refractivity contribution in [2.75, 3.05) is 0 Å². The van der Waals surface area contributed by atoms with E-state index in [1.54, 1.807) is 12.5 Å². The predicted molar refractivity (Wildman–Crippen MR) is 96.5 cm³/mol. The summed E-state index contributed by atoms with van der Waals surface area (Å²) in [5, 5.41) is 6.86. The molecular formula is C19H28N4O. The van der Waals surface area contributed by atoms with Crippen molar-refractivity contribution in [3.8, 4) is 0 Å². The van der Waals surface area contributed by atoms with Crippen molar-refractivity contribution in [3.63, 3.8) is 0 Å². The number of rotatable bonds is 1. The van der Waals surface area contributed by atoms with E-state index in [1.165, 1.54) is 5.56 Å². The molecule has 24 heavy (non-hydrogen) atoms. The quantitative estimate of drug-likeness (QED) is 0.849. The van der Waals surface area contributed by atoms with E-state index in [0.717, 1.165) is 29.9 Å². The van der Waals surface area contributed by atoms with Gasteiger partial charge in [-0.2, -0.15) is 5.10 Å². The van der Waals surface area contributed by atoms with Crippen molar-refractivity contribution < 1.29 is 4.74 Å². The van der Waals surface area contributed by atoms with E-state index in [9.17, 15) is 0 Å². The summed E-state index contributed by atoms with van der Waals surface area (Å²) in [5.41, 5.74) is 4.56. The normalized spacial score (nSPS) is 23.8. The largest absolute Gasteiger partial charge is 0.369 e. The topological polar surface area (TPSA) is 63.7 Å². The summed E-state index contributed by atoms with van der Waals surface area (Å²) in [6.07, 6.45) is 10.3. The van der Waals surface area contributed by atoms with Crippen molar-refractivity contribution in [1.82, 2.24) is 20.2 Å². The Hall–Kier alpha value is -2.01. The third-order valence-electron chi connectivity index (χ3n) is 4.40. The molecule has 4 rings (SSSR count). The smallest absolute Gasteiger partial charge is 0.115 e. The second-order valence-corrected chi connectivity index (χ2v) is 5.98. The molecule has 1 fully saturated rings. The van der Waals surface area contributed by atoms with E-state index < -0.39 is 0 Å². The van der Waals surface area contributed by atoms with E-state index in [1.807, 2.05) is 26.8 Å². The summed E-state index contributed by atoms with van der Waals surface area (Å²) in [5.74, 6) is 0.651.